The smallest absolute Gasteiger partial charge is 0.327 e. The second-order valence-electron chi connectivity index (χ2n) is 3.96. The molecule has 3 heteroatoms. The highest BCUT2D eigenvalue weighted by Crippen LogP contribution is 2.24. The number of benzene rings is 1. The quantitative estimate of drug-likeness (QED) is 0.797. The fourth-order valence-electron chi connectivity index (χ4n) is 1.77. The Morgan fingerprint density at radius 1 is 1.35 bits per heavy atom. The van der Waals surface area contributed by atoms with Crippen molar-refractivity contribution < 1.29 is 14.6 Å². The van der Waals surface area contributed by atoms with Crippen molar-refractivity contribution >= 4 is 5.97 Å². The van der Waals surface area contributed by atoms with E-state index < -0.39 is 5.97 Å². The number of carboxylic acids is 1. The molecular weight excluding hydrogens is 216 g/mol. The number of ether oxygens (including phenoxy) is 1. The molecule has 0 unspecified atom stereocenters. The van der Waals surface area contributed by atoms with E-state index in [1.807, 2.05) is 19.1 Å². The molecule has 0 fully saturated rings. The second-order valence-corrected chi connectivity index (χ2v) is 3.96. The highest BCUT2D eigenvalue weighted by molar-refractivity contribution is 5.79. The molecule has 0 bridgehead atoms. The minimum atomic E-state index is -0.896. The molecule has 0 aliphatic heterocycles. The first-order valence-electron chi connectivity index (χ1n) is 5.58. The van der Waals surface area contributed by atoms with Crippen LogP contribution in [0.1, 0.15) is 23.1 Å². The van der Waals surface area contributed by atoms with Gasteiger partial charge in [0.1, 0.15) is 5.75 Å². The van der Waals surface area contributed by atoms with Gasteiger partial charge in [-0.15, -0.1) is 0 Å². The number of allylic oxidation sites excluding steroid dienone is 1. The van der Waals surface area contributed by atoms with Gasteiger partial charge >= 0.3 is 5.97 Å². The summed E-state index contributed by atoms with van der Waals surface area (Å²) in [5.41, 5.74) is 3.60. The van der Waals surface area contributed by atoms with Crippen LogP contribution >= 0.6 is 0 Å². The molecule has 0 aromatic heterocycles. The average Bonchev–Trinajstić information content (AvgIpc) is 2.29. The van der Waals surface area contributed by atoms with Gasteiger partial charge in [-0.2, -0.15) is 0 Å². The van der Waals surface area contributed by atoms with Crippen LogP contribution in [-0.4, -0.2) is 18.2 Å². The number of hydrogen-bond acceptors (Lipinski definition) is 2. The Hall–Kier alpha value is -1.77. The summed E-state index contributed by atoms with van der Waals surface area (Å²) in [6, 6.07) is 3.99. The predicted molar refractivity (Wildman–Crippen MR) is 67.6 cm³/mol. The Morgan fingerprint density at radius 2 is 2.06 bits per heavy atom. The Bertz CT molecular complexity index is 433. The Balaban J connectivity index is 2.73. The first-order valence-corrected chi connectivity index (χ1v) is 5.58. The van der Waals surface area contributed by atoms with Gasteiger partial charge in [-0.25, -0.2) is 4.79 Å². The largest absolute Gasteiger partial charge is 0.496 e. The molecule has 1 rings (SSSR count). The van der Waals surface area contributed by atoms with Crippen molar-refractivity contribution in [3.63, 3.8) is 0 Å². The van der Waals surface area contributed by atoms with Gasteiger partial charge in [-0.1, -0.05) is 12.1 Å². The van der Waals surface area contributed by atoms with Crippen molar-refractivity contribution in [1.29, 1.82) is 0 Å². The van der Waals surface area contributed by atoms with Gasteiger partial charge in [0, 0.05) is 6.08 Å². The van der Waals surface area contributed by atoms with Crippen molar-refractivity contribution in [3.05, 3.63) is 41.0 Å². The standard InChI is InChI=1S/C14H18O3/c1-10-11(2)13(17-3)9-8-12(10)6-4-5-7-14(15)16/h5,7-9H,4,6H2,1-3H3,(H,15,16)/b7-5+. The average molecular weight is 234 g/mol. The molecule has 3 nitrogen and oxygen atoms in total. The maximum atomic E-state index is 10.3. The third kappa shape index (κ3) is 3.63. The van der Waals surface area contributed by atoms with Gasteiger partial charge in [-0.05, 0) is 49.4 Å². The maximum absolute atomic E-state index is 10.3. The third-order valence-electron chi connectivity index (χ3n) is 2.91. The lowest BCUT2D eigenvalue weighted by atomic mass is 9.99. The number of methoxy groups -OCH3 is 1. The lowest BCUT2D eigenvalue weighted by Gasteiger charge is -2.11. The fraction of sp³-hybridized carbons (Fsp3) is 0.357. The summed E-state index contributed by atoms with van der Waals surface area (Å²) in [5, 5.41) is 8.47. The normalized spacial score (nSPS) is 10.8. The van der Waals surface area contributed by atoms with Crippen molar-refractivity contribution in [2.24, 2.45) is 0 Å². The van der Waals surface area contributed by atoms with E-state index in [1.54, 1.807) is 13.2 Å². The molecular formula is C14H18O3. The highest BCUT2D eigenvalue weighted by atomic mass is 16.5. The van der Waals surface area contributed by atoms with Crippen LogP contribution in [0.5, 0.6) is 5.75 Å². The van der Waals surface area contributed by atoms with Gasteiger partial charge in [0.05, 0.1) is 7.11 Å². The molecule has 0 saturated heterocycles. The van der Waals surface area contributed by atoms with Crippen LogP contribution in [0.2, 0.25) is 0 Å². The molecule has 0 amide bonds. The van der Waals surface area contributed by atoms with E-state index in [2.05, 4.69) is 6.92 Å². The molecule has 92 valence electrons. The summed E-state index contributed by atoms with van der Waals surface area (Å²) in [6.45, 7) is 4.10. The minimum Gasteiger partial charge on any atom is -0.496 e. The van der Waals surface area contributed by atoms with Gasteiger partial charge in [0.25, 0.3) is 0 Å². The highest BCUT2D eigenvalue weighted by Gasteiger charge is 2.05. The maximum Gasteiger partial charge on any atom is 0.327 e. The van der Waals surface area contributed by atoms with Gasteiger partial charge in [0.2, 0.25) is 0 Å². The number of carbonyl (C=O) groups is 1. The van der Waals surface area contributed by atoms with Gasteiger partial charge in [-0.3, -0.25) is 0 Å². The van der Waals surface area contributed by atoms with Crippen LogP contribution < -0.4 is 4.74 Å². The molecule has 0 radical (unpaired) electrons. The summed E-state index contributed by atoms with van der Waals surface area (Å²) in [4.78, 5) is 10.3. The van der Waals surface area contributed by atoms with Crippen molar-refractivity contribution in [1.82, 2.24) is 0 Å². The summed E-state index contributed by atoms with van der Waals surface area (Å²) in [6.07, 6.45) is 4.45. The minimum absolute atomic E-state index is 0.735. The van der Waals surface area contributed by atoms with Gasteiger partial charge < -0.3 is 9.84 Å². The zero-order chi connectivity index (χ0) is 12.8. The summed E-state index contributed by atoms with van der Waals surface area (Å²) >= 11 is 0. The number of aliphatic carboxylic acids is 1. The van der Waals surface area contributed by atoms with Crippen LogP contribution in [-0.2, 0) is 11.2 Å². The van der Waals surface area contributed by atoms with Crippen LogP contribution in [0.15, 0.2) is 24.3 Å². The molecule has 0 spiro atoms. The van der Waals surface area contributed by atoms with E-state index >= 15 is 0 Å². The van der Waals surface area contributed by atoms with Crippen molar-refractivity contribution in [3.8, 4) is 5.75 Å². The number of aryl methyl sites for hydroxylation is 1. The Morgan fingerprint density at radius 3 is 2.65 bits per heavy atom. The Kier molecular flexibility index (Phi) is 4.76. The number of rotatable bonds is 5. The van der Waals surface area contributed by atoms with E-state index in [-0.39, 0.29) is 0 Å². The third-order valence-corrected chi connectivity index (χ3v) is 2.91. The van der Waals surface area contributed by atoms with E-state index in [9.17, 15) is 4.79 Å². The lowest BCUT2D eigenvalue weighted by molar-refractivity contribution is -0.131. The monoisotopic (exact) mass is 234 g/mol. The Labute approximate surface area is 102 Å². The molecule has 17 heavy (non-hydrogen) atoms. The van der Waals surface area contributed by atoms with E-state index in [1.165, 1.54) is 17.2 Å². The summed E-state index contributed by atoms with van der Waals surface area (Å²) in [7, 11) is 1.66. The molecule has 0 atom stereocenters. The summed E-state index contributed by atoms with van der Waals surface area (Å²) < 4.78 is 5.25. The van der Waals surface area contributed by atoms with Crippen LogP contribution in [0.25, 0.3) is 0 Å². The van der Waals surface area contributed by atoms with Gasteiger partial charge in [0.15, 0.2) is 0 Å². The topological polar surface area (TPSA) is 46.5 Å². The second kappa shape index (κ2) is 6.09. The van der Waals surface area contributed by atoms with Crippen LogP contribution in [0.3, 0.4) is 0 Å². The molecule has 1 N–H and O–H groups in total. The SMILES string of the molecule is COc1ccc(CC/C=C/C(=O)O)c(C)c1C. The van der Waals surface area contributed by atoms with Crippen LogP contribution in [0, 0.1) is 13.8 Å². The fourth-order valence-corrected chi connectivity index (χ4v) is 1.77. The van der Waals surface area contributed by atoms with Crippen LogP contribution in [0.4, 0.5) is 0 Å². The zero-order valence-electron chi connectivity index (χ0n) is 10.5. The predicted octanol–water partition coefficient (Wildman–Crippen LogP) is 2.89. The molecule has 0 saturated carbocycles. The first kappa shape index (κ1) is 13.3. The molecule has 0 aliphatic rings. The van der Waals surface area contributed by atoms with Crippen molar-refractivity contribution in [2.75, 3.05) is 7.11 Å². The van der Waals surface area contributed by atoms with Crippen molar-refractivity contribution in [2.45, 2.75) is 26.7 Å². The molecule has 0 heterocycles. The molecule has 0 aliphatic carbocycles. The molecule has 1 aromatic rings. The number of carboxylic acid groups (broad SMARTS) is 1. The van der Waals surface area contributed by atoms with E-state index in [0.29, 0.717) is 0 Å². The summed E-state index contributed by atoms with van der Waals surface area (Å²) in [5.74, 6) is -0.0000357. The molecule has 1 aromatic carbocycles. The van der Waals surface area contributed by atoms with E-state index in [4.69, 9.17) is 9.84 Å². The zero-order valence-corrected chi connectivity index (χ0v) is 10.5. The lowest BCUT2D eigenvalue weighted by Crippen LogP contribution is -1.96. The van der Waals surface area contributed by atoms with E-state index in [0.717, 1.165) is 24.2 Å². The first-order chi connectivity index (χ1) is 8.06. The number of hydrogen-bond donors (Lipinski definition) is 1.